The number of ether oxygens (including phenoxy) is 2. The fourth-order valence-electron chi connectivity index (χ4n) is 4.20. The van der Waals surface area contributed by atoms with E-state index in [0.29, 0.717) is 44.2 Å². The number of morpholine rings is 1. The zero-order valence-corrected chi connectivity index (χ0v) is 18.2. The third kappa shape index (κ3) is 4.54. The zero-order chi connectivity index (χ0) is 22.5. The summed E-state index contributed by atoms with van der Waals surface area (Å²) in [5.74, 6) is -0.692. The summed E-state index contributed by atoms with van der Waals surface area (Å²) >= 11 is 0. The maximum atomic E-state index is 13.1. The number of nitrogens with zero attached hydrogens (tertiary/aromatic N) is 2. The van der Waals surface area contributed by atoms with Crippen LogP contribution in [0, 0.1) is 0 Å². The van der Waals surface area contributed by atoms with Gasteiger partial charge in [0.2, 0.25) is 0 Å². The Morgan fingerprint density at radius 3 is 2.38 bits per heavy atom. The minimum Gasteiger partial charge on any atom is -0.507 e. The van der Waals surface area contributed by atoms with Crippen molar-refractivity contribution in [2.45, 2.75) is 13.0 Å². The van der Waals surface area contributed by atoms with E-state index in [-0.39, 0.29) is 11.3 Å². The first kappa shape index (κ1) is 22.0. The SMILES string of the molecule is CCOc1ccc([C@H]2/C(=C(\O)c3ccccc3)C(=O)C(=O)N2CCN2CCOCC2)cc1. The van der Waals surface area contributed by atoms with Crippen LogP contribution >= 0.6 is 0 Å². The van der Waals surface area contributed by atoms with Crippen molar-refractivity contribution in [3.8, 4) is 5.75 Å². The van der Waals surface area contributed by atoms with Gasteiger partial charge in [-0.2, -0.15) is 0 Å². The molecule has 2 heterocycles. The molecule has 2 fully saturated rings. The number of hydrogen-bond acceptors (Lipinski definition) is 6. The first-order chi connectivity index (χ1) is 15.6. The van der Waals surface area contributed by atoms with Crippen molar-refractivity contribution in [1.82, 2.24) is 9.80 Å². The van der Waals surface area contributed by atoms with Crippen LogP contribution < -0.4 is 4.74 Å². The van der Waals surface area contributed by atoms with E-state index in [1.165, 1.54) is 0 Å². The topological polar surface area (TPSA) is 79.3 Å². The van der Waals surface area contributed by atoms with E-state index in [9.17, 15) is 14.7 Å². The number of aliphatic hydroxyl groups excluding tert-OH is 1. The first-order valence-electron chi connectivity index (χ1n) is 11.0. The number of aliphatic hydroxyl groups is 1. The third-order valence-electron chi connectivity index (χ3n) is 5.85. The highest BCUT2D eigenvalue weighted by Crippen LogP contribution is 2.39. The number of likely N-dealkylation sites (tertiary alicyclic amines) is 1. The molecule has 2 saturated heterocycles. The minimum absolute atomic E-state index is 0.118. The van der Waals surface area contributed by atoms with Gasteiger partial charge in [-0.05, 0) is 24.6 Å². The molecule has 0 spiro atoms. The second-order valence-electron chi connectivity index (χ2n) is 7.81. The Kier molecular flexibility index (Phi) is 6.87. The number of benzene rings is 2. The molecule has 0 saturated carbocycles. The molecule has 0 bridgehead atoms. The van der Waals surface area contributed by atoms with Gasteiger partial charge in [0.15, 0.2) is 0 Å². The van der Waals surface area contributed by atoms with E-state index in [2.05, 4.69) is 4.90 Å². The smallest absolute Gasteiger partial charge is 0.295 e. The monoisotopic (exact) mass is 436 g/mol. The molecule has 0 aromatic heterocycles. The highest BCUT2D eigenvalue weighted by molar-refractivity contribution is 6.46. The largest absolute Gasteiger partial charge is 0.507 e. The third-order valence-corrected chi connectivity index (χ3v) is 5.85. The van der Waals surface area contributed by atoms with Crippen LogP contribution in [0.3, 0.4) is 0 Å². The van der Waals surface area contributed by atoms with Crippen LogP contribution in [0.4, 0.5) is 0 Å². The van der Waals surface area contributed by atoms with Crippen LogP contribution in [-0.2, 0) is 14.3 Å². The molecule has 2 aliphatic rings. The van der Waals surface area contributed by atoms with Gasteiger partial charge in [-0.3, -0.25) is 14.5 Å². The van der Waals surface area contributed by atoms with Crippen molar-refractivity contribution < 1.29 is 24.2 Å². The van der Waals surface area contributed by atoms with E-state index in [0.717, 1.165) is 18.7 Å². The zero-order valence-electron chi connectivity index (χ0n) is 18.2. The van der Waals surface area contributed by atoms with E-state index in [1.54, 1.807) is 29.2 Å². The van der Waals surface area contributed by atoms with Gasteiger partial charge in [-0.25, -0.2) is 0 Å². The van der Waals surface area contributed by atoms with Gasteiger partial charge in [0, 0.05) is 31.7 Å². The molecule has 1 amide bonds. The lowest BCUT2D eigenvalue weighted by Gasteiger charge is -2.31. The summed E-state index contributed by atoms with van der Waals surface area (Å²) in [6.07, 6.45) is 0. The number of Topliss-reactive ketones (excluding diaryl/α,β-unsaturated/α-hetero) is 1. The molecule has 2 aliphatic heterocycles. The van der Waals surface area contributed by atoms with Gasteiger partial charge in [0.25, 0.3) is 11.7 Å². The summed E-state index contributed by atoms with van der Waals surface area (Å²) < 4.78 is 10.9. The molecule has 4 rings (SSSR count). The maximum Gasteiger partial charge on any atom is 0.295 e. The van der Waals surface area contributed by atoms with Crippen molar-refractivity contribution in [2.24, 2.45) is 0 Å². The van der Waals surface area contributed by atoms with Crippen LogP contribution in [0.1, 0.15) is 24.1 Å². The van der Waals surface area contributed by atoms with Gasteiger partial charge in [-0.1, -0.05) is 42.5 Å². The fourth-order valence-corrected chi connectivity index (χ4v) is 4.20. The maximum absolute atomic E-state index is 13.1. The van der Waals surface area contributed by atoms with Gasteiger partial charge >= 0.3 is 0 Å². The Morgan fingerprint density at radius 2 is 1.72 bits per heavy atom. The molecular weight excluding hydrogens is 408 g/mol. The van der Waals surface area contributed by atoms with Crippen molar-refractivity contribution in [3.05, 3.63) is 71.3 Å². The van der Waals surface area contributed by atoms with Crippen molar-refractivity contribution >= 4 is 17.4 Å². The van der Waals surface area contributed by atoms with Crippen LogP contribution in [0.2, 0.25) is 0 Å². The second kappa shape index (κ2) is 9.97. The fraction of sp³-hybridized carbons (Fsp3) is 0.360. The lowest BCUT2D eigenvalue weighted by Crippen LogP contribution is -2.42. The molecule has 7 nitrogen and oxygen atoms in total. The lowest BCUT2D eigenvalue weighted by molar-refractivity contribution is -0.140. The molecule has 1 atom stereocenters. The number of hydrogen-bond donors (Lipinski definition) is 1. The second-order valence-corrected chi connectivity index (χ2v) is 7.81. The summed E-state index contributed by atoms with van der Waals surface area (Å²) in [7, 11) is 0. The highest BCUT2D eigenvalue weighted by atomic mass is 16.5. The summed E-state index contributed by atoms with van der Waals surface area (Å²) in [5.41, 5.74) is 1.38. The normalized spacial score (nSPS) is 21.2. The minimum atomic E-state index is -0.660. The quantitative estimate of drug-likeness (QED) is 0.409. The molecule has 2 aromatic carbocycles. The van der Waals surface area contributed by atoms with E-state index in [4.69, 9.17) is 9.47 Å². The molecule has 32 heavy (non-hydrogen) atoms. The Balaban J connectivity index is 1.70. The van der Waals surface area contributed by atoms with E-state index >= 15 is 0 Å². The summed E-state index contributed by atoms with van der Waals surface area (Å²) in [4.78, 5) is 29.9. The molecule has 0 unspecified atom stereocenters. The number of carbonyl (C=O) groups excluding carboxylic acids is 2. The van der Waals surface area contributed by atoms with Crippen LogP contribution in [-0.4, -0.2) is 72.6 Å². The number of rotatable bonds is 7. The Hall–Kier alpha value is -3.16. The average molecular weight is 437 g/mol. The summed E-state index contributed by atoms with van der Waals surface area (Å²) in [6.45, 7) is 6.39. The standard InChI is InChI=1S/C25H28N2O5/c1-2-32-20-10-8-18(9-11-20)22-21(23(28)19-6-4-3-5-7-19)24(29)25(30)27(22)13-12-26-14-16-31-17-15-26/h3-11,22,28H,2,12-17H2,1H3/b23-21+/t22-/m0/s1. The van der Waals surface area contributed by atoms with Gasteiger partial charge in [0.05, 0.1) is 31.4 Å². The molecule has 0 radical (unpaired) electrons. The molecule has 1 N–H and O–H groups in total. The molecular formula is C25H28N2O5. The molecule has 7 heteroatoms. The van der Waals surface area contributed by atoms with Crippen LogP contribution in [0.25, 0.3) is 5.76 Å². The number of carbonyl (C=O) groups is 2. The van der Waals surface area contributed by atoms with Crippen LogP contribution in [0.15, 0.2) is 60.2 Å². The van der Waals surface area contributed by atoms with Crippen molar-refractivity contribution in [1.29, 1.82) is 0 Å². The van der Waals surface area contributed by atoms with E-state index in [1.807, 2.05) is 37.3 Å². The molecule has 2 aromatic rings. The van der Waals surface area contributed by atoms with Gasteiger partial charge < -0.3 is 19.5 Å². The number of amides is 1. The van der Waals surface area contributed by atoms with Crippen LogP contribution in [0.5, 0.6) is 5.75 Å². The summed E-state index contributed by atoms with van der Waals surface area (Å²) in [5, 5.41) is 11.0. The highest BCUT2D eigenvalue weighted by Gasteiger charge is 2.46. The predicted octanol–water partition coefficient (Wildman–Crippen LogP) is 2.84. The van der Waals surface area contributed by atoms with Crippen molar-refractivity contribution in [3.63, 3.8) is 0 Å². The first-order valence-corrected chi connectivity index (χ1v) is 11.0. The Labute approximate surface area is 187 Å². The van der Waals surface area contributed by atoms with Gasteiger partial charge in [0.1, 0.15) is 11.5 Å². The van der Waals surface area contributed by atoms with Gasteiger partial charge in [-0.15, -0.1) is 0 Å². The molecule has 0 aliphatic carbocycles. The predicted molar refractivity (Wildman–Crippen MR) is 120 cm³/mol. The van der Waals surface area contributed by atoms with Crippen molar-refractivity contribution in [2.75, 3.05) is 46.0 Å². The molecule has 168 valence electrons. The average Bonchev–Trinajstić information content (AvgIpc) is 3.09. The lowest BCUT2D eigenvalue weighted by atomic mass is 9.95. The summed E-state index contributed by atoms with van der Waals surface area (Å²) in [6, 6.07) is 15.5. The number of ketones is 1. The Bertz CT molecular complexity index is 981. The Morgan fingerprint density at radius 1 is 1.03 bits per heavy atom. The van der Waals surface area contributed by atoms with E-state index < -0.39 is 17.7 Å².